The quantitative estimate of drug-likeness (QED) is 0.767. The summed E-state index contributed by atoms with van der Waals surface area (Å²) in [6, 6.07) is 5.32. The molecule has 1 aliphatic heterocycles. The smallest absolute Gasteiger partial charge is 0.311 e. The van der Waals surface area contributed by atoms with E-state index in [4.69, 9.17) is 14.2 Å². The van der Waals surface area contributed by atoms with E-state index in [1.54, 1.807) is 33.1 Å². The van der Waals surface area contributed by atoms with Crippen LogP contribution >= 0.6 is 0 Å². The highest BCUT2D eigenvalue weighted by Crippen LogP contribution is 2.34. The molecule has 144 valence electrons. The highest BCUT2D eigenvalue weighted by molar-refractivity contribution is 5.88. The van der Waals surface area contributed by atoms with Crippen molar-refractivity contribution >= 4 is 11.9 Å². The van der Waals surface area contributed by atoms with Gasteiger partial charge in [0.1, 0.15) is 0 Å². The van der Waals surface area contributed by atoms with Crippen LogP contribution in [0.2, 0.25) is 0 Å². The van der Waals surface area contributed by atoms with Crippen LogP contribution < -0.4 is 14.8 Å². The van der Waals surface area contributed by atoms with Gasteiger partial charge in [0.2, 0.25) is 5.91 Å². The first-order valence-corrected chi connectivity index (χ1v) is 8.59. The maximum Gasteiger partial charge on any atom is 0.311 e. The molecule has 0 aromatic heterocycles. The summed E-state index contributed by atoms with van der Waals surface area (Å²) < 4.78 is 15.8. The van der Waals surface area contributed by atoms with Crippen LogP contribution in [0.5, 0.6) is 11.5 Å². The molecule has 0 spiro atoms. The van der Waals surface area contributed by atoms with Gasteiger partial charge in [0.25, 0.3) is 0 Å². The molecule has 1 aromatic carbocycles. The Kier molecular flexibility index (Phi) is 6.13. The van der Waals surface area contributed by atoms with Crippen LogP contribution in [-0.4, -0.2) is 51.0 Å². The number of carbonyl (C=O) groups excluding carboxylic acids is 1. The van der Waals surface area contributed by atoms with E-state index in [0.29, 0.717) is 37.6 Å². The SMILES string of the molecule is COc1ccc(C(C)(C)C(=O)NCC2(C(=O)O)CCOCC2)cc1OC. The van der Waals surface area contributed by atoms with Crippen molar-refractivity contribution in [2.45, 2.75) is 32.1 Å². The van der Waals surface area contributed by atoms with E-state index in [1.807, 2.05) is 6.07 Å². The summed E-state index contributed by atoms with van der Waals surface area (Å²) in [5.41, 5.74) is -1.07. The van der Waals surface area contributed by atoms with E-state index in [-0.39, 0.29) is 12.5 Å². The maximum atomic E-state index is 12.8. The van der Waals surface area contributed by atoms with Gasteiger partial charge in [0.15, 0.2) is 11.5 Å². The maximum absolute atomic E-state index is 12.8. The Morgan fingerprint density at radius 1 is 1.19 bits per heavy atom. The summed E-state index contributed by atoms with van der Waals surface area (Å²) >= 11 is 0. The first-order valence-electron chi connectivity index (χ1n) is 8.59. The number of benzene rings is 1. The Morgan fingerprint density at radius 3 is 2.35 bits per heavy atom. The second kappa shape index (κ2) is 7.95. The van der Waals surface area contributed by atoms with Gasteiger partial charge < -0.3 is 24.6 Å². The van der Waals surface area contributed by atoms with E-state index in [9.17, 15) is 14.7 Å². The molecular weight excluding hydrogens is 338 g/mol. The molecule has 0 aliphatic carbocycles. The predicted octanol–water partition coefficient (Wildman–Crippen LogP) is 1.98. The van der Waals surface area contributed by atoms with Crippen molar-refractivity contribution in [2.75, 3.05) is 34.0 Å². The van der Waals surface area contributed by atoms with Gasteiger partial charge in [0.05, 0.1) is 25.0 Å². The molecule has 7 nitrogen and oxygen atoms in total. The topological polar surface area (TPSA) is 94.1 Å². The highest BCUT2D eigenvalue weighted by atomic mass is 16.5. The number of ether oxygens (including phenoxy) is 3. The molecule has 1 amide bonds. The molecule has 26 heavy (non-hydrogen) atoms. The first-order chi connectivity index (χ1) is 12.3. The summed E-state index contributed by atoms with van der Waals surface area (Å²) in [5.74, 6) is -0.0151. The van der Waals surface area contributed by atoms with Crippen molar-refractivity contribution in [1.82, 2.24) is 5.32 Å². The Morgan fingerprint density at radius 2 is 1.81 bits per heavy atom. The molecule has 2 rings (SSSR count). The number of carbonyl (C=O) groups is 2. The summed E-state index contributed by atoms with van der Waals surface area (Å²) in [4.78, 5) is 24.5. The normalized spacial score (nSPS) is 16.6. The summed E-state index contributed by atoms with van der Waals surface area (Å²) in [7, 11) is 3.09. The molecule has 0 bridgehead atoms. The molecule has 0 saturated carbocycles. The van der Waals surface area contributed by atoms with Gasteiger partial charge in [-0.05, 0) is 44.4 Å². The zero-order valence-electron chi connectivity index (χ0n) is 15.8. The third-order valence-corrected chi connectivity index (χ3v) is 5.16. The minimum absolute atomic E-state index is 0.0846. The number of carboxylic acids is 1. The monoisotopic (exact) mass is 365 g/mol. The van der Waals surface area contributed by atoms with Gasteiger partial charge in [-0.1, -0.05) is 6.07 Å². The van der Waals surface area contributed by atoms with Crippen molar-refractivity contribution in [3.63, 3.8) is 0 Å². The third-order valence-electron chi connectivity index (χ3n) is 5.16. The second-order valence-corrected chi connectivity index (χ2v) is 7.08. The lowest BCUT2D eigenvalue weighted by Gasteiger charge is -2.34. The van der Waals surface area contributed by atoms with E-state index >= 15 is 0 Å². The summed E-state index contributed by atoms with van der Waals surface area (Å²) in [6.45, 7) is 4.45. The van der Waals surface area contributed by atoms with Crippen LogP contribution in [0.4, 0.5) is 0 Å². The van der Waals surface area contributed by atoms with Crippen molar-refractivity contribution in [1.29, 1.82) is 0 Å². The Labute approximate surface area is 153 Å². The number of nitrogens with one attached hydrogen (secondary N) is 1. The molecule has 1 saturated heterocycles. The zero-order valence-corrected chi connectivity index (χ0v) is 15.8. The fourth-order valence-corrected chi connectivity index (χ4v) is 3.05. The van der Waals surface area contributed by atoms with Crippen LogP contribution in [0.15, 0.2) is 18.2 Å². The van der Waals surface area contributed by atoms with Crippen molar-refractivity contribution in [2.24, 2.45) is 5.41 Å². The summed E-state index contributed by atoms with van der Waals surface area (Å²) in [5, 5.41) is 12.4. The van der Waals surface area contributed by atoms with E-state index in [1.165, 1.54) is 7.11 Å². The van der Waals surface area contributed by atoms with Gasteiger partial charge in [-0.25, -0.2) is 0 Å². The standard InChI is InChI=1S/C19H27NO6/c1-18(2,13-5-6-14(24-3)15(11-13)25-4)16(21)20-12-19(17(22)23)7-9-26-10-8-19/h5-6,11H,7-10,12H2,1-4H3,(H,20,21)(H,22,23). The van der Waals surface area contributed by atoms with Crippen LogP contribution in [0.3, 0.4) is 0 Å². The molecule has 2 N–H and O–H groups in total. The lowest BCUT2D eigenvalue weighted by Crippen LogP contribution is -2.50. The Hall–Kier alpha value is -2.28. The average molecular weight is 365 g/mol. The van der Waals surface area contributed by atoms with E-state index in [0.717, 1.165) is 5.56 Å². The predicted molar refractivity (Wildman–Crippen MR) is 95.7 cm³/mol. The number of methoxy groups -OCH3 is 2. The molecule has 1 heterocycles. The van der Waals surface area contributed by atoms with E-state index in [2.05, 4.69) is 5.32 Å². The average Bonchev–Trinajstić information content (AvgIpc) is 2.65. The van der Waals surface area contributed by atoms with Gasteiger partial charge in [-0.3, -0.25) is 9.59 Å². The number of rotatable bonds is 7. The van der Waals surface area contributed by atoms with Gasteiger partial charge in [-0.15, -0.1) is 0 Å². The molecule has 0 atom stereocenters. The van der Waals surface area contributed by atoms with E-state index < -0.39 is 16.8 Å². The van der Waals surface area contributed by atoms with Crippen molar-refractivity contribution in [3.8, 4) is 11.5 Å². The van der Waals surface area contributed by atoms with Crippen LogP contribution in [0.1, 0.15) is 32.3 Å². The van der Waals surface area contributed by atoms with Crippen LogP contribution in [0.25, 0.3) is 0 Å². The molecule has 0 unspecified atom stereocenters. The highest BCUT2D eigenvalue weighted by Gasteiger charge is 2.41. The second-order valence-electron chi connectivity index (χ2n) is 7.08. The fourth-order valence-electron chi connectivity index (χ4n) is 3.05. The fraction of sp³-hybridized carbons (Fsp3) is 0.579. The summed E-state index contributed by atoms with van der Waals surface area (Å²) in [6.07, 6.45) is 0.777. The number of carboxylic acid groups (broad SMARTS) is 1. The lowest BCUT2D eigenvalue weighted by molar-refractivity contribution is -0.154. The van der Waals surface area contributed by atoms with Crippen LogP contribution in [-0.2, 0) is 19.7 Å². The van der Waals surface area contributed by atoms with Gasteiger partial charge in [0, 0.05) is 19.8 Å². The molecule has 7 heteroatoms. The van der Waals surface area contributed by atoms with Crippen molar-refractivity contribution < 1.29 is 28.9 Å². The lowest BCUT2D eigenvalue weighted by atomic mass is 9.79. The number of amides is 1. The first kappa shape index (κ1) is 20.0. The molecule has 0 radical (unpaired) electrons. The van der Waals surface area contributed by atoms with Crippen LogP contribution in [0, 0.1) is 5.41 Å². The minimum Gasteiger partial charge on any atom is -0.493 e. The van der Waals surface area contributed by atoms with Gasteiger partial charge >= 0.3 is 5.97 Å². The molecule has 1 fully saturated rings. The third kappa shape index (κ3) is 3.93. The number of aliphatic carboxylic acids is 1. The van der Waals surface area contributed by atoms with Crippen molar-refractivity contribution in [3.05, 3.63) is 23.8 Å². The number of hydrogen-bond donors (Lipinski definition) is 2. The molecular formula is C19H27NO6. The Bertz CT molecular complexity index is 664. The Balaban J connectivity index is 2.15. The molecule has 1 aromatic rings. The van der Waals surface area contributed by atoms with Gasteiger partial charge in [-0.2, -0.15) is 0 Å². The number of hydrogen-bond acceptors (Lipinski definition) is 5. The molecule has 1 aliphatic rings. The minimum atomic E-state index is -0.971. The largest absolute Gasteiger partial charge is 0.493 e. The zero-order chi connectivity index (χ0) is 19.4.